The first kappa shape index (κ1) is 13.1. The highest BCUT2D eigenvalue weighted by atomic mass is 16.2. The van der Waals surface area contributed by atoms with Gasteiger partial charge in [0.2, 0.25) is 5.91 Å². The predicted molar refractivity (Wildman–Crippen MR) is 69.7 cm³/mol. The summed E-state index contributed by atoms with van der Waals surface area (Å²) in [6.45, 7) is 8.36. The monoisotopic (exact) mass is 250 g/mol. The third-order valence-corrected chi connectivity index (χ3v) is 3.60. The second kappa shape index (κ2) is 4.72. The summed E-state index contributed by atoms with van der Waals surface area (Å²) in [5.41, 5.74) is 6.03. The quantitative estimate of drug-likeness (QED) is 0.851. The van der Waals surface area contributed by atoms with Crippen LogP contribution in [0.1, 0.15) is 33.0 Å². The molecular formula is C13H22N4O. The van der Waals surface area contributed by atoms with Crippen LogP contribution in [0.3, 0.4) is 0 Å². The van der Waals surface area contributed by atoms with E-state index in [0.717, 1.165) is 18.9 Å². The Morgan fingerprint density at radius 2 is 2.22 bits per heavy atom. The Hall–Kier alpha value is -1.36. The number of nitrogens with zero attached hydrogens (tertiary/aromatic N) is 3. The molecule has 0 saturated heterocycles. The first-order valence-electron chi connectivity index (χ1n) is 6.41. The van der Waals surface area contributed by atoms with E-state index in [1.165, 1.54) is 0 Å². The minimum absolute atomic E-state index is 0.0378. The number of hydrogen-bond donors (Lipinski definition) is 1. The molecule has 0 bridgehead atoms. The second-order valence-corrected chi connectivity index (χ2v) is 6.03. The minimum Gasteiger partial charge on any atom is -0.333 e. The molecule has 5 heteroatoms. The number of rotatable bonds is 2. The summed E-state index contributed by atoms with van der Waals surface area (Å²) in [6.07, 6.45) is 4.15. The predicted octanol–water partition coefficient (Wildman–Crippen LogP) is 0.989. The third-order valence-electron chi connectivity index (χ3n) is 3.60. The van der Waals surface area contributed by atoms with Gasteiger partial charge < -0.3 is 15.2 Å². The number of nitrogens with two attached hydrogens (primary N) is 1. The van der Waals surface area contributed by atoms with Crippen molar-refractivity contribution in [3.05, 3.63) is 18.2 Å². The SMILES string of the molecule is CC(C)(C)C(N)CC(=O)N1CCn2ccnc2C1. The van der Waals surface area contributed by atoms with Crippen LogP contribution in [0.5, 0.6) is 0 Å². The van der Waals surface area contributed by atoms with Crippen LogP contribution in [0.25, 0.3) is 0 Å². The van der Waals surface area contributed by atoms with Gasteiger partial charge in [-0.15, -0.1) is 0 Å². The third kappa shape index (κ3) is 2.72. The molecule has 18 heavy (non-hydrogen) atoms. The first-order chi connectivity index (χ1) is 8.38. The van der Waals surface area contributed by atoms with Crippen molar-refractivity contribution in [3.8, 4) is 0 Å². The molecule has 1 unspecified atom stereocenters. The van der Waals surface area contributed by atoms with E-state index in [1.807, 2.05) is 11.1 Å². The van der Waals surface area contributed by atoms with Gasteiger partial charge in [-0.1, -0.05) is 20.8 Å². The molecule has 1 aliphatic heterocycles. The molecule has 0 fully saturated rings. The fourth-order valence-electron chi connectivity index (χ4n) is 2.01. The van der Waals surface area contributed by atoms with E-state index < -0.39 is 0 Å². The molecule has 0 spiro atoms. The molecule has 1 aromatic heterocycles. The standard InChI is InChI=1S/C13H22N4O/c1-13(2,3)10(14)8-12(18)17-7-6-16-5-4-15-11(16)9-17/h4-5,10H,6-9,14H2,1-3H3. The molecule has 0 aromatic carbocycles. The molecule has 1 aliphatic rings. The molecule has 2 N–H and O–H groups in total. The van der Waals surface area contributed by atoms with Gasteiger partial charge in [0.25, 0.3) is 0 Å². The summed E-state index contributed by atoms with van der Waals surface area (Å²) in [5, 5.41) is 0. The lowest BCUT2D eigenvalue weighted by atomic mass is 9.85. The van der Waals surface area contributed by atoms with Crippen molar-refractivity contribution in [2.24, 2.45) is 11.1 Å². The highest BCUT2D eigenvalue weighted by molar-refractivity contribution is 5.77. The van der Waals surface area contributed by atoms with Crippen LogP contribution >= 0.6 is 0 Å². The Bertz CT molecular complexity index is 432. The first-order valence-corrected chi connectivity index (χ1v) is 6.41. The van der Waals surface area contributed by atoms with Gasteiger partial charge in [0.1, 0.15) is 5.82 Å². The molecule has 1 amide bonds. The van der Waals surface area contributed by atoms with Crippen LogP contribution in [0.2, 0.25) is 0 Å². The van der Waals surface area contributed by atoms with Gasteiger partial charge in [-0.05, 0) is 5.41 Å². The molecule has 0 aliphatic carbocycles. The molecule has 1 aromatic rings. The Labute approximate surface area is 108 Å². The van der Waals surface area contributed by atoms with Gasteiger partial charge in [0, 0.05) is 37.9 Å². The van der Waals surface area contributed by atoms with Crippen LogP contribution in [0.4, 0.5) is 0 Å². The maximum absolute atomic E-state index is 12.2. The summed E-state index contributed by atoms with van der Waals surface area (Å²) in [5.74, 6) is 1.09. The molecule has 0 saturated carbocycles. The highest BCUT2D eigenvalue weighted by Gasteiger charge is 2.27. The molecule has 1 atom stereocenters. The average molecular weight is 250 g/mol. The zero-order chi connectivity index (χ0) is 13.3. The number of carbonyl (C=O) groups excluding carboxylic acids is 1. The zero-order valence-electron chi connectivity index (χ0n) is 11.4. The molecule has 0 radical (unpaired) electrons. The van der Waals surface area contributed by atoms with E-state index in [0.29, 0.717) is 13.0 Å². The van der Waals surface area contributed by atoms with E-state index in [9.17, 15) is 4.79 Å². The van der Waals surface area contributed by atoms with Crippen LogP contribution in [-0.2, 0) is 17.9 Å². The van der Waals surface area contributed by atoms with Gasteiger partial charge in [0.15, 0.2) is 0 Å². The van der Waals surface area contributed by atoms with Crippen LogP contribution < -0.4 is 5.73 Å². The van der Waals surface area contributed by atoms with Crippen molar-refractivity contribution < 1.29 is 4.79 Å². The lowest BCUT2D eigenvalue weighted by molar-refractivity contribution is -0.133. The summed E-state index contributed by atoms with van der Waals surface area (Å²) in [6, 6.07) is -0.105. The Kier molecular flexibility index (Phi) is 3.43. The number of aromatic nitrogens is 2. The molecular weight excluding hydrogens is 228 g/mol. The number of amides is 1. The van der Waals surface area contributed by atoms with Crippen molar-refractivity contribution in [1.82, 2.24) is 14.5 Å². The molecule has 100 valence electrons. The van der Waals surface area contributed by atoms with Crippen molar-refractivity contribution >= 4 is 5.91 Å². The summed E-state index contributed by atoms with van der Waals surface area (Å²) in [4.78, 5) is 18.3. The fourth-order valence-corrected chi connectivity index (χ4v) is 2.01. The van der Waals surface area contributed by atoms with Crippen molar-refractivity contribution in [3.63, 3.8) is 0 Å². The van der Waals surface area contributed by atoms with E-state index in [4.69, 9.17) is 5.73 Å². The van der Waals surface area contributed by atoms with Crippen molar-refractivity contribution in [1.29, 1.82) is 0 Å². The number of imidazole rings is 1. The normalized spacial score (nSPS) is 17.4. The maximum atomic E-state index is 12.2. The molecule has 2 rings (SSSR count). The lowest BCUT2D eigenvalue weighted by Gasteiger charge is -2.31. The second-order valence-electron chi connectivity index (χ2n) is 6.03. The van der Waals surface area contributed by atoms with Gasteiger partial charge in [-0.3, -0.25) is 4.79 Å². The summed E-state index contributed by atoms with van der Waals surface area (Å²) < 4.78 is 2.09. The van der Waals surface area contributed by atoms with Gasteiger partial charge in [0.05, 0.1) is 6.54 Å². The van der Waals surface area contributed by atoms with Gasteiger partial charge in [-0.25, -0.2) is 4.98 Å². The molecule has 2 heterocycles. The maximum Gasteiger partial charge on any atom is 0.224 e. The molecule has 5 nitrogen and oxygen atoms in total. The smallest absolute Gasteiger partial charge is 0.224 e. The number of hydrogen-bond acceptors (Lipinski definition) is 3. The Morgan fingerprint density at radius 1 is 1.50 bits per heavy atom. The van der Waals surface area contributed by atoms with E-state index >= 15 is 0 Å². The van der Waals surface area contributed by atoms with Crippen LogP contribution in [0, 0.1) is 5.41 Å². The van der Waals surface area contributed by atoms with E-state index in [-0.39, 0.29) is 17.4 Å². The average Bonchev–Trinajstić information content (AvgIpc) is 2.74. The minimum atomic E-state index is -0.105. The van der Waals surface area contributed by atoms with Crippen LogP contribution in [0.15, 0.2) is 12.4 Å². The van der Waals surface area contributed by atoms with E-state index in [1.54, 1.807) is 6.20 Å². The van der Waals surface area contributed by atoms with Crippen molar-refractivity contribution in [2.45, 2.75) is 46.3 Å². The highest BCUT2D eigenvalue weighted by Crippen LogP contribution is 2.21. The fraction of sp³-hybridized carbons (Fsp3) is 0.692. The Morgan fingerprint density at radius 3 is 2.89 bits per heavy atom. The number of carbonyl (C=O) groups is 1. The van der Waals surface area contributed by atoms with Gasteiger partial charge >= 0.3 is 0 Å². The largest absolute Gasteiger partial charge is 0.333 e. The topological polar surface area (TPSA) is 64.2 Å². The summed E-state index contributed by atoms with van der Waals surface area (Å²) in [7, 11) is 0. The zero-order valence-corrected chi connectivity index (χ0v) is 11.4. The number of fused-ring (bicyclic) bond motifs is 1. The summed E-state index contributed by atoms with van der Waals surface area (Å²) >= 11 is 0. The van der Waals surface area contributed by atoms with Gasteiger partial charge in [-0.2, -0.15) is 0 Å². The lowest BCUT2D eigenvalue weighted by Crippen LogP contribution is -2.44. The van der Waals surface area contributed by atoms with Crippen LogP contribution in [-0.4, -0.2) is 32.9 Å². The Balaban J connectivity index is 1.96. The van der Waals surface area contributed by atoms with Crippen molar-refractivity contribution in [2.75, 3.05) is 6.54 Å². The van der Waals surface area contributed by atoms with E-state index in [2.05, 4.69) is 30.3 Å².